The number of rotatable bonds is 2. The summed E-state index contributed by atoms with van der Waals surface area (Å²) in [4.78, 5) is 10.5. The van der Waals surface area contributed by atoms with Crippen molar-refractivity contribution < 1.29 is 45.0 Å². The van der Waals surface area contributed by atoms with E-state index >= 15 is 0 Å². The molecule has 1 aromatic carbocycles. The molecule has 0 saturated heterocycles. The summed E-state index contributed by atoms with van der Waals surface area (Å²) in [6, 6.07) is -0.219. The summed E-state index contributed by atoms with van der Waals surface area (Å²) in [7, 11) is 0. The molecule has 0 heterocycles. The molecular formula is C10H4F8O2. The molecule has 0 fully saturated rings. The minimum atomic E-state index is -6.24. The van der Waals surface area contributed by atoms with Gasteiger partial charge < -0.3 is 5.11 Å². The lowest BCUT2D eigenvalue weighted by Gasteiger charge is -2.23. The van der Waals surface area contributed by atoms with Gasteiger partial charge in [0.05, 0.1) is 11.1 Å². The van der Waals surface area contributed by atoms with Crippen LogP contribution in [-0.4, -0.2) is 17.3 Å². The molecule has 0 unspecified atom stereocenters. The highest BCUT2D eigenvalue weighted by Gasteiger charge is 2.61. The van der Waals surface area contributed by atoms with Crippen LogP contribution in [0.4, 0.5) is 35.1 Å². The summed E-state index contributed by atoms with van der Waals surface area (Å²) in [5, 5.41) is 8.45. The van der Waals surface area contributed by atoms with Gasteiger partial charge in [-0.1, -0.05) is 6.07 Å². The number of carboxylic acid groups (broad SMARTS) is 1. The van der Waals surface area contributed by atoms with Crippen molar-refractivity contribution in [2.24, 2.45) is 0 Å². The van der Waals surface area contributed by atoms with Crippen LogP contribution in [0.1, 0.15) is 21.5 Å². The highest BCUT2D eigenvalue weighted by Crippen LogP contribution is 2.48. The summed E-state index contributed by atoms with van der Waals surface area (Å²) in [5.41, 5.74) is -5.75. The van der Waals surface area contributed by atoms with Crippen molar-refractivity contribution in [1.82, 2.24) is 0 Å². The van der Waals surface area contributed by atoms with Gasteiger partial charge in [0, 0.05) is 5.56 Å². The van der Waals surface area contributed by atoms with Gasteiger partial charge in [0.1, 0.15) is 0 Å². The molecule has 0 aliphatic carbocycles. The fourth-order valence-electron chi connectivity index (χ4n) is 1.34. The molecule has 0 radical (unpaired) electrons. The maximum Gasteiger partial charge on any atom is 0.458 e. The van der Waals surface area contributed by atoms with Gasteiger partial charge in [-0.05, 0) is 12.1 Å². The molecule has 10 heteroatoms. The summed E-state index contributed by atoms with van der Waals surface area (Å²) in [6.07, 6.45) is -11.8. The maximum atomic E-state index is 13.0. The number of hydrogen-bond acceptors (Lipinski definition) is 1. The number of carbonyl (C=O) groups is 1. The molecule has 1 rings (SSSR count). The van der Waals surface area contributed by atoms with E-state index in [-0.39, 0.29) is 18.2 Å². The minimum Gasteiger partial charge on any atom is -0.478 e. The molecule has 0 amide bonds. The zero-order chi connectivity index (χ0) is 15.9. The van der Waals surface area contributed by atoms with E-state index in [0.717, 1.165) is 0 Å². The topological polar surface area (TPSA) is 37.3 Å². The lowest BCUT2D eigenvalue weighted by atomic mass is 9.98. The van der Waals surface area contributed by atoms with Crippen molar-refractivity contribution in [2.45, 2.75) is 18.3 Å². The molecular weight excluding hydrogens is 304 g/mol. The zero-order valence-corrected chi connectivity index (χ0v) is 9.11. The van der Waals surface area contributed by atoms with Gasteiger partial charge in [-0.25, -0.2) is 4.79 Å². The van der Waals surface area contributed by atoms with Crippen molar-refractivity contribution in [3.63, 3.8) is 0 Å². The molecule has 0 aliphatic rings. The first-order valence-electron chi connectivity index (χ1n) is 4.68. The molecule has 1 N–H and O–H groups in total. The van der Waals surface area contributed by atoms with Crippen LogP contribution < -0.4 is 0 Å². The first kappa shape index (κ1) is 16.2. The second kappa shape index (κ2) is 4.60. The van der Waals surface area contributed by atoms with E-state index in [2.05, 4.69) is 0 Å². The molecule has 1 aromatic rings. The number of carboxylic acids is 1. The lowest BCUT2D eigenvalue weighted by Crippen LogP contribution is -2.35. The summed E-state index contributed by atoms with van der Waals surface area (Å²) < 4.78 is 99.9. The number of halogens is 8. The van der Waals surface area contributed by atoms with E-state index in [1.165, 1.54) is 0 Å². The van der Waals surface area contributed by atoms with Gasteiger partial charge in [0.25, 0.3) is 0 Å². The van der Waals surface area contributed by atoms with Gasteiger partial charge in [0.2, 0.25) is 0 Å². The highest BCUT2D eigenvalue weighted by atomic mass is 19.4. The standard InChI is InChI=1S/C10H4F8O2/c11-8(12,10(16,17)18)5-2-1-4(7(19)20)3-6(5)9(13,14)15/h1-3H,(H,19,20). The van der Waals surface area contributed by atoms with E-state index in [9.17, 15) is 39.9 Å². The molecule has 0 atom stereocenters. The third kappa shape index (κ3) is 2.83. The van der Waals surface area contributed by atoms with Crippen LogP contribution in [-0.2, 0) is 12.1 Å². The second-order valence-corrected chi connectivity index (χ2v) is 3.64. The Balaban J connectivity index is 3.60. The third-order valence-corrected chi connectivity index (χ3v) is 2.27. The Labute approximate surface area is 105 Å². The SMILES string of the molecule is O=C(O)c1ccc(C(F)(F)C(F)(F)F)c(C(F)(F)F)c1. The van der Waals surface area contributed by atoms with E-state index in [0.29, 0.717) is 0 Å². The first-order chi connectivity index (χ1) is 8.78. The van der Waals surface area contributed by atoms with Crippen molar-refractivity contribution in [2.75, 3.05) is 0 Å². The Morgan fingerprint density at radius 1 is 0.900 bits per heavy atom. The molecule has 0 aromatic heterocycles. The van der Waals surface area contributed by atoms with Gasteiger partial charge >= 0.3 is 24.2 Å². The smallest absolute Gasteiger partial charge is 0.458 e. The van der Waals surface area contributed by atoms with E-state index in [1.807, 2.05) is 0 Å². The Hall–Kier alpha value is -1.87. The van der Waals surface area contributed by atoms with Crippen LogP contribution in [0, 0.1) is 0 Å². The number of alkyl halides is 8. The average molecular weight is 308 g/mol. The Morgan fingerprint density at radius 3 is 1.75 bits per heavy atom. The van der Waals surface area contributed by atoms with Crippen molar-refractivity contribution >= 4 is 5.97 Å². The van der Waals surface area contributed by atoms with Crippen LogP contribution in [0.2, 0.25) is 0 Å². The Kier molecular flexibility index (Phi) is 3.72. The quantitative estimate of drug-likeness (QED) is 0.837. The molecule has 20 heavy (non-hydrogen) atoms. The number of aromatic carboxylic acids is 1. The normalized spacial score (nSPS) is 13.4. The van der Waals surface area contributed by atoms with Gasteiger partial charge in [-0.15, -0.1) is 0 Å². The monoisotopic (exact) mass is 308 g/mol. The molecule has 112 valence electrons. The fraction of sp³-hybridized carbons (Fsp3) is 0.300. The van der Waals surface area contributed by atoms with Gasteiger partial charge in [-0.3, -0.25) is 0 Å². The van der Waals surface area contributed by atoms with E-state index in [4.69, 9.17) is 5.11 Å². The van der Waals surface area contributed by atoms with Crippen LogP contribution in [0.25, 0.3) is 0 Å². The fourth-order valence-corrected chi connectivity index (χ4v) is 1.34. The van der Waals surface area contributed by atoms with Gasteiger partial charge in [-0.2, -0.15) is 35.1 Å². The van der Waals surface area contributed by atoms with E-state index in [1.54, 1.807) is 0 Å². The number of hydrogen-bond donors (Lipinski definition) is 1. The zero-order valence-electron chi connectivity index (χ0n) is 9.11. The highest BCUT2D eigenvalue weighted by molar-refractivity contribution is 5.88. The van der Waals surface area contributed by atoms with Crippen LogP contribution in [0.3, 0.4) is 0 Å². The molecule has 0 saturated carbocycles. The van der Waals surface area contributed by atoms with Crippen molar-refractivity contribution in [1.29, 1.82) is 0 Å². The first-order valence-corrected chi connectivity index (χ1v) is 4.68. The molecule has 0 aliphatic heterocycles. The largest absolute Gasteiger partial charge is 0.478 e. The predicted octanol–water partition coefficient (Wildman–Crippen LogP) is 4.06. The summed E-state index contributed by atoms with van der Waals surface area (Å²) >= 11 is 0. The Bertz CT molecular complexity index is 529. The average Bonchev–Trinajstić information content (AvgIpc) is 2.25. The van der Waals surface area contributed by atoms with Gasteiger partial charge in [0.15, 0.2) is 0 Å². The molecule has 0 spiro atoms. The predicted molar refractivity (Wildman–Crippen MR) is 48.4 cm³/mol. The summed E-state index contributed by atoms with van der Waals surface area (Å²) in [6.45, 7) is 0. The number of benzene rings is 1. The molecule has 2 nitrogen and oxygen atoms in total. The maximum absolute atomic E-state index is 13.0. The van der Waals surface area contributed by atoms with Crippen molar-refractivity contribution in [3.05, 3.63) is 34.9 Å². The Morgan fingerprint density at radius 2 is 1.40 bits per heavy atom. The third-order valence-electron chi connectivity index (χ3n) is 2.27. The van der Waals surface area contributed by atoms with Crippen LogP contribution in [0.15, 0.2) is 18.2 Å². The minimum absolute atomic E-state index is 0.195. The van der Waals surface area contributed by atoms with Crippen LogP contribution in [0.5, 0.6) is 0 Å². The van der Waals surface area contributed by atoms with Crippen LogP contribution >= 0.6 is 0 Å². The summed E-state index contributed by atoms with van der Waals surface area (Å²) in [5.74, 6) is -7.65. The van der Waals surface area contributed by atoms with Crippen molar-refractivity contribution in [3.8, 4) is 0 Å². The van der Waals surface area contributed by atoms with E-state index < -0.39 is 40.9 Å². The molecule has 0 bridgehead atoms. The lowest BCUT2D eigenvalue weighted by molar-refractivity contribution is -0.291. The second-order valence-electron chi connectivity index (χ2n) is 3.64.